The summed E-state index contributed by atoms with van der Waals surface area (Å²) < 4.78 is 0. The molecule has 1 N–H and O–H groups in total. The van der Waals surface area contributed by atoms with E-state index in [0.717, 1.165) is 16.8 Å². The fourth-order valence-electron chi connectivity index (χ4n) is 3.06. The van der Waals surface area contributed by atoms with Crippen LogP contribution in [0.3, 0.4) is 0 Å². The average Bonchev–Trinajstić information content (AvgIpc) is 3.39. The molecule has 3 aromatic rings. The van der Waals surface area contributed by atoms with Crippen molar-refractivity contribution in [1.82, 2.24) is 5.32 Å². The number of carbonyl (C=O) groups is 1. The van der Waals surface area contributed by atoms with Crippen LogP contribution in [0.2, 0.25) is 0 Å². The lowest BCUT2D eigenvalue weighted by atomic mass is 10.00. The number of benzene rings is 2. The first-order chi connectivity index (χ1) is 13.3. The third-order valence-electron chi connectivity index (χ3n) is 4.53. The Balaban J connectivity index is 1.29. The first-order valence-electron chi connectivity index (χ1n) is 8.94. The van der Waals surface area contributed by atoms with Crippen LogP contribution in [0.25, 0.3) is 11.1 Å². The van der Waals surface area contributed by atoms with Crippen molar-refractivity contribution >= 4 is 23.0 Å². The van der Waals surface area contributed by atoms with E-state index >= 15 is 0 Å². The second-order valence-electron chi connectivity index (χ2n) is 6.53. The fourth-order valence-corrected chi connectivity index (χ4v) is 3.73. The number of nitrogens with one attached hydrogen (secondary N) is 1. The van der Waals surface area contributed by atoms with Gasteiger partial charge < -0.3 is 10.2 Å². The van der Waals surface area contributed by atoms with E-state index in [4.69, 9.17) is 4.84 Å². The summed E-state index contributed by atoms with van der Waals surface area (Å²) in [6.45, 7) is 0.470. The lowest BCUT2D eigenvalue weighted by molar-refractivity contribution is -0.121. The Morgan fingerprint density at radius 3 is 2.52 bits per heavy atom. The minimum absolute atomic E-state index is 0.0117. The van der Waals surface area contributed by atoms with Gasteiger partial charge in [0.1, 0.15) is 6.10 Å². The summed E-state index contributed by atoms with van der Waals surface area (Å²) in [6, 6.07) is 20.6. The molecule has 2 heterocycles. The van der Waals surface area contributed by atoms with Crippen LogP contribution >= 0.6 is 11.3 Å². The lowest BCUT2D eigenvalue weighted by Gasteiger charge is -2.09. The minimum Gasteiger partial charge on any atom is -0.390 e. The summed E-state index contributed by atoms with van der Waals surface area (Å²) in [5.74, 6) is 0.0117. The van der Waals surface area contributed by atoms with Gasteiger partial charge in [0.15, 0.2) is 0 Å². The molecule has 5 heteroatoms. The molecule has 4 rings (SSSR count). The highest BCUT2D eigenvalue weighted by atomic mass is 32.1. The molecular weight excluding hydrogens is 356 g/mol. The molecule has 0 fully saturated rings. The smallest absolute Gasteiger partial charge is 0.224 e. The van der Waals surface area contributed by atoms with Crippen LogP contribution < -0.4 is 5.32 Å². The van der Waals surface area contributed by atoms with Crippen LogP contribution in [-0.4, -0.2) is 24.3 Å². The van der Waals surface area contributed by atoms with E-state index in [0.29, 0.717) is 19.4 Å². The maximum Gasteiger partial charge on any atom is 0.224 e. The number of oxime groups is 1. The van der Waals surface area contributed by atoms with Gasteiger partial charge in [0.2, 0.25) is 5.91 Å². The number of nitrogens with zero attached hydrogens (tertiary/aromatic N) is 1. The summed E-state index contributed by atoms with van der Waals surface area (Å²) in [5, 5.41) is 11.1. The largest absolute Gasteiger partial charge is 0.390 e. The number of hydrogen-bond donors (Lipinski definition) is 1. The van der Waals surface area contributed by atoms with Crippen LogP contribution in [0, 0.1) is 0 Å². The Morgan fingerprint density at radius 1 is 1.04 bits per heavy atom. The molecule has 1 aromatic heterocycles. The van der Waals surface area contributed by atoms with Gasteiger partial charge >= 0.3 is 0 Å². The molecule has 136 valence electrons. The zero-order valence-electron chi connectivity index (χ0n) is 14.8. The van der Waals surface area contributed by atoms with Gasteiger partial charge in [0, 0.05) is 6.42 Å². The highest BCUT2D eigenvalue weighted by Gasteiger charge is 2.22. The first kappa shape index (κ1) is 17.5. The van der Waals surface area contributed by atoms with Gasteiger partial charge in [-0.05, 0) is 39.1 Å². The van der Waals surface area contributed by atoms with Gasteiger partial charge in [-0.25, -0.2) is 0 Å². The lowest BCUT2D eigenvalue weighted by Crippen LogP contribution is -2.33. The Labute approximate surface area is 162 Å². The zero-order valence-corrected chi connectivity index (χ0v) is 15.6. The Morgan fingerprint density at radius 2 is 1.78 bits per heavy atom. The second-order valence-corrected chi connectivity index (χ2v) is 7.31. The predicted octanol–water partition coefficient (Wildman–Crippen LogP) is 4.27. The third-order valence-corrected chi connectivity index (χ3v) is 5.26. The fraction of sp³-hybridized carbons (Fsp3) is 0.182. The summed E-state index contributed by atoms with van der Waals surface area (Å²) in [7, 11) is 0. The summed E-state index contributed by atoms with van der Waals surface area (Å²) in [6.07, 6.45) is 0.995. The van der Waals surface area contributed by atoms with Gasteiger partial charge in [-0.2, -0.15) is 11.3 Å². The van der Waals surface area contributed by atoms with Crippen molar-refractivity contribution in [3.05, 3.63) is 82.6 Å². The highest BCUT2D eigenvalue weighted by molar-refractivity contribution is 7.08. The second kappa shape index (κ2) is 8.18. The molecule has 27 heavy (non-hydrogen) atoms. The first-order valence-corrected chi connectivity index (χ1v) is 9.88. The van der Waals surface area contributed by atoms with Gasteiger partial charge in [0.25, 0.3) is 0 Å². The standard InChI is InChI=1S/C22H20N2O2S/c25-22(12-16-10-11-27-15-16)23-14-20-13-21(24-26-20)19-8-6-18(7-9-19)17-4-2-1-3-5-17/h1-11,15,20H,12-14H2,(H,23,25). The van der Waals surface area contributed by atoms with Crippen LogP contribution in [0.15, 0.2) is 76.6 Å². The zero-order chi connectivity index (χ0) is 18.5. The van der Waals surface area contributed by atoms with Crippen molar-refractivity contribution in [2.45, 2.75) is 18.9 Å². The van der Waals surface area contributed by atoms with E-state index in [9.17, 15) is 4.79 Å². The minimum atomic E-state index is -0.111. The molecule has 0 aliphatic carbocycles. The van der Waals surface area contributed by atoms with Crippen molar-refractivity contribution in [2.24, 2.45) is 5.16 Å². The SMILES string of the molecule is O=C(Cc1ccsc1)NCC1CC(c2ccc(-c3ccccc3)cc2)=NO1. The van der Waals surface area contributed by atoms with Crippen LogP contribution in [-0.2, 0) is 16.1 Å². The number of carbonyl (C=O) groups excluding carboxylic acids is 1. The van der Waals surface area contributed by atoms with E-state index in [-0.39, 0.29) is 12.0 Å². The van der Waals surface area contributed by atoms with Crippen LogP contribution in [0.5, 0.6) is 0 Å². The molecule has 0 spiro atoms. The molecule has 2 aromatic carbocycles. The van der Waals surface area contributed by atoms with E-state index in [1.165, 1.54) is 11.1 Å². The number of thiophene rings is 1. The predicted molar refractivity (Wildman–Crippen MR) is 109 cm³/mol. The summed E-state index contributed by atoms with van der Waals surface area (Å²) in [5.41, 5.74) is 5.39. The van der Waals surface area contributed by atoms with Crippen molar-refractivity contribution in [1.29, 1.82) is 0 Å². The topological polar surface area (TPSA) is 50.7 Å². The number of hydrogen-bond acceptors (Lipinski definition) is 4. The normalized spacial score (nSPS) is 15.9. The molecule has 1 aliphatic rings. The van der Waals surface area contributed by atoms with E-state index in [2.05, 4.69) is 46.9 Å². The molecule has 1 unspecified atom stereocenters. The van der Waals surface area contributed by atoms with Crippen LogP contribution in [0.4, 0.5) is 0 Å². The van der Waals surface area contributed by atoms with Crippen molar-refractivity contribution < 1.29 is 9.63 Å². The van der Waals surface area contributed by atoms with Gasteiger partial charge in [-0.15, -0.1) is 0 Å². The van der Waals surface area contributed by atoms with Crippen molar-refractivity contribution in [2.75, 3.05) is 6.54 Å². The molecule has 1 atom stereocenters. The molecule has 1 amide bonds. The number of rotatable bonds is 6. The summed E-state index contributed by atoms with van der Waals surface area (Å²) >= 11 is 1.60. The molecule has 0 saturated heterocycles. The molecule has 0 bridgehead atoms. The molecule has 1 aliphatic heterocycles. The van der Waals surface area contributed by atoms with E-state index in [1.807, 2.05) is 35.0 Å². The summed E-state index contributed by atoms with van der Waals surface area (Å²) in [4.78, 5) is 17.5. The molecule has 4 nitrogen and oxygen atoms in total. The van der Waals surface area contributed by atoms with Gasteiger partial charge in [-0.3, -0.25) is 4.79 Å². The van der Waals surface area contributed by atoms with Crippen LogP contribution in [0.1, 0.15) is 17.5 Å². The van der Waals surface area contributed by atoms with Gasteiger partial charge in [-0.1, -0.05) is 59.8 Å². The molecular formula is C22H20N2O2S. The van der Waals surface area contributed by atoms with Crippen molar-refractivity contribution in [3.8, 4) is 11.1 Å². The van der Waals surface area contributed by atoms with Crippen molar-refractivity contribution in [3.63, 3.8) is 0 Å². The quantitative estimate of drug-likeness (QED) is 0.699. The maximum atomic E-state index is 12.0. The molecule has 0 radical (unpaired) electrons. The highest BCUT2D eigenvalue weighted by Crippen LogP contribution is 2.22. The van der Waals surface area contributed by atoms with E-state index < -0.39 is 0 Å². The Hall–Kier alpha value is -2.92. The third kappa shape index (κ3) is 4.44. The van der Waals surface area contributed by atoms with E-state index in [1.54, 1.807) is 11.3 Å². The molecule has 0 saturated carbocycles. The Bertz CT molecular complexity index is 919. The van der Waals surface area contributed by atoms with Gasteiger partial charge in [0.05, 0.1) is 18.7 Å². The number of amides is 1. The maximum absolute atomic E-state index is 12.0. The monoisotopic (exact) mass is 376 g/mol. The Kier molecular flexibility index (Phi) is 5.30. The average molecular weight is 376 g/mol.